The number of fused-ring (bicyclic) bond motifs is 1. The smallest absolute Gasteiger partial charge is 0.298 e. The molecule has 0 unspecified atom stereocenters. The van der Waals surface area contributed by atoms with Gasteiger partial charge in [-0.1, -0.05) is 35.8 Å². The van der Waals surface area contributed by atoms with Crippen molar-refractivity contribution < 1.29 is 4.79 Å². The SMILES string of the molecule is CCN(CC)CCN(C(=O)c1nc2nccc(C)n2n1)c1cccc(Br)c1. The van der Waals surface area contributed by atoms with E-state index in [4.69, 9.17) is 0 Å². The Bertz CT molecular complexity index is 937. The van der Waals surface area contributed by atoms with Crippen molar-refractivity contribution in [2.24, 2.45) is 0 Å². The second kappa shape index (κ2) is 8.58. The molecular weight excluding hydrogens is 408 g/mol. The van der Waals surface area contributed by atoms with E-state index in [0.717, 1.165) is 35.5 Å². The molecule has 2 heterocycles. The third kappa shape index (κ3) is 4.33. The van der Waals surface area contributed by atoms with Crippen LogP contribution in [0.25, 0.3) is 5.78 Å². The fourth-order valence-corrected chi connectivity index (χ4v) is 3.28. The minimum absolute atomic E-state index is 0.149. The summed E-state index contributed by atoms with van der Waals surface area (Å²) in [6.45, 7) is 9.35. The third-order valence-corrected chi connectivity index (χ3v) is 5.01. The van der Waals surface area contributed by atoms with Crippen LogP contribution in [-0.4, -0.2) is 56.6 Å². The molecule has 2 aromatic heterocycles. The first-order valence-electron chi connectivity index (χ1n) is 9.01. The fraction of sp³-hybridized carbons (Fsp3) is 0.368. The fourth-order valence-electron chi connectivity index (χ4n) is 2.89. The van der Waals surface area contributed by atoms with Gasteiger partial charge in [0, 0.05) is 35.1 Å². The minimum atomic E-state index is -0.231. The van der Waals surface area contributed by atoms with Crippen LogP contribution in [0.3, 0.4) is 0 Å². The number of aromatic nitrogens is 4. The third-order valence-electron chi connectivity index (χ3n) is 4.52. The van der Waals surface area contributed by atoms with Crippen molar-refractivity contribution in [2.45, 2.75) is 20.8 Å². The number of hydrogen-bond acceptors (Lipinski definition) is 5. The lowest BCUT2D eigenvalue weighted by atomic mass is 10.2. The maximum absolute atomic E-state index is 13.3. The summed E-state index contributed by atoms with van der Waals surface area (Å²) < 4.78 is 2.51. The van der Waals surface area contributed by atoms with E-state index in [2.05, 4.69) is 49.7 Å². The number of carbonyl (C=O) groups is 1. The lowest BCUT2D eigenvalue weighted by Crippen LogP contribution is -2.39. The van der Waals surface area contributed by atoms with Crippen molar-refractivity contribution in [1.82, 2.24) is 24.5 Å². The molecule has 27 heavy (non-hydrogen) atoms. The minimum Gasteiger partial charge on any atom is -0.304 e. The molecule has 1 amide bonds. The first kappa shape index (κ1) is 19.4. The highest BCUT2D eigenvalue weighted by Crippen LogP contribution is 2.21. The molecule has 0 atom stereocenters. The van der Waals surface area contributed by atoms with Gasteiger partial charge in [0.15, 0.2) is 0 Å². The lowest BCUT2D eigenvalue weighted by Gasteiger charge is -2.26. The zero-order chi connectivity index (χ0) is 19.4. The van der Waals surface area contributed by atoms with Gasteiger partial charge in [-0.3, -0.25) is 4.79 Å². The number of nitrogens with zero attached hydrogens (tertiary/aromatic N) is 6. The molecule has 0 fully saturated rings. The van der Waals surface area contributed by atoms with E-state index in [1.54, 1.807) is 15.6 Å². The number of likely N-dealkylation sites (N-methyl/N-ethyl adjacent to an activating group) is 1. The van der Waals surface area contributed by atoms with Gasteiger partial charge < -0.3 is 9.80 Å². The lowest BCUT2D eigenvalue weighted by molar-refractivity contribution is 0.0974. The van der Waals surface area contributed by atoms with Crippen LogP contribution in [0, 0.1) is 6.92 Å². The van der Waals surface area contributed by atoms with Crippen LogP contribution < -0.4 is 4.90 Å². The standard InChI is InChI=1S/C19H23BrN6O/c1-4-24(5-2)11-12-25(16-8-6-7-15(20)13-16)18(27)17-22-19-21-10-9-14(3)26(19)23-17/h6-10,13H,4-5,11-12H2,1-3H3. The first-order valence-corrected chi connectivity index (χ1v) is 9.81. The van der Waals surface area contributed by atoms with Crippen molar-refractivity contribution in [3.05, 3.63) is 52.5 Å². The van der Waals surface area contributed by atoms with Gasteiger partial charge in [0.25, 0.3) is 11.7 Å². The molecule has 3 aromatic rings. The van der Waals surface area contributed by atoms with Crippen LogP contribution in [0.4, 0.5) is 5.69 Å². The van der Waals surface area contributed by atoms with Crippen molar-refractivity contribution in [3.8, 4) is 0 Å². The molecular formula is C19H23BrN6O. The van der Waals surface area contributed by atoms with Crippen molar-refractivity contribution in [1.29, 1.82) is 0 Å². The Balaban J connectivity index is 1.94. The largest absolute Gasteiger partial charge is 0.304 e. The zero-order valence-corrected chi connectivity index (χ0v) is 17.3. The molecule has 8 heteroatoms. The van der Waals surface area contributed by atoms with Gasteiger partial charge >= 0.3 is 0 Å². The molecule has 0 saturated heterocycles. The second-order valence-corrected chi connectivity index (χ2v) is 7.11. The second-order valence-electron chi connectivity index (χ2n) is 6.20. The van der Waals surface area contributed by atoms with E-state index in [0.29, 0.717) is 12.3 Å². The number of anilines is 1. The first-order chi connectivity index (χ1) is 13.0. The van der Waals surface area contributed by atoms with Crippen molar-refractivity contribution in [2.75, 3.05) is 31.1 Å². The van der Waals surface area contributed by atoms with Crippen LogP contribution in [0.2, 0.25) is 0 Å². The average molecular weight is 431 g/mol. The molecule has 0 saturated carbocycles. The van der Waals surface area contributed by atoms with E-state index in [1.807, 2.05) is 37.3 Å². The Morgan fingerprint density at radius 2 is 1.96 bits per heavy atom. The van der Waals surface area contributed by atoms with Crippen LogP contribution in [0.5, 0.6) is 0 Å². The van der Waals surface area contributed by atoms with E-state index < -0.39 is 0 Å². The highest BCUT2D eigenvalue weighted by molar-refractivity contribution is 9.10. The highest BCUT2D eigenvalue weighted by atomic mass is 79.9. The number of rotatable bonds is 7. The summed E-state index contributed by atoms with van der Waals surface area (Å²) in [4.78, 5) is 25.8. The predicted octanol–water partition coefficient (Wildman–Crippen LogP) is 3.18. The van der Waals surface area contributed by atoms with Crippen molar-refractivity contribution >= 4 is 33.3 Å². The molecule has 0 aliphatic rings. The molecule has 142 valence electrons. The number of carbonyl (C=O) groups excluding carboxylic acids is 1. The summed E-state index contributed by atoms with van der Waals surface area (Å²) in [6.07, 6.45) is 1.67. The van der Waals surface area contributed by atoms with Crippen molar-refractivity contribution in [3.63, 3.8) is 0 Å². The van der Waals surface area contributed by atoms with Gasteiger partial charge in [-0.15, -0.1) is 5.10 Å². The number of halogens is 1. The summed E-state index contributed by atoms with van der Waals surface area (Å²) in [5.74, 6) is 0.345. The van der Waals surface area contributed by atoms with Gasteiger partial charge in [0.2, 0.25) is 5.82 Å². The van der Waals surface area contributed by atoms with Crippen LogP contribution in [-0.2, 0) is 0 Å². The zero-order valence-electron chi connectivity index (χ0n) is 15.8. The molecule has 1 aromatic carbocycles. The summed E-state index contributed by atoms with van der Waals surface area (Å²) in [6, 6.07) is 9.54. The summed E-state index contributed by atoms with van der Waals surface area (Å²) in [5.41, 5.74) is 1.69. The Kier molecular flexibility index (Phi) is 6.18. The van der Waals surface area contributed by atoms with E-state index in [9.17, 15) is 4.79 Å². The number of amides is 1. The molecule has 0 aliphatic heterocycles. The Morgan fingerprint density at radius 3 is 2.63 bits per heavy atom. The summed E-state index contributed by atoms with van der Waals surface area (Å²) in [7, 11) is 0. The number of aryl methyl sites for hydroxylation is 1. The molecule has 0 radical (unpaired) electrons. The topological polar surface area (TPSA) is 66.6 Å². The summed E-state index contributed by atoms with van der Waals surface area (Å²) in [5, 5.41) is 4.37. The van der Waals surface area contributed by atoms with Gasteiger partial charge in [0.1, 0.15) is 0 Å². The van der Waals surface area contributed by atoms with E-state index >= 15 is 0 Å². The number of benzene rings is 1. The van der Waals surface area contributed by atoms with Crippen LogP contribution in [0.1, 0.15) is 30.2 Å². The molecule has 0 N–H and O–H groups in total. The Hall–Kier alpha value is -2.32. The quantitative estimate of drug-likeness (QED) is 0.575. The monoisotopic (exact) mass is 430 g/mol. The Morgan fingerprint density at radius 1 is 1.19 bits per heavy atom. The normalized spacial score (nSPS) is 11.3. The van der Waals surface area contributed by atoms with Gasteiger partial charge in [-0.25, -0.2) is 9.50 Å². The maximum atomic E-state index is 13.3. The van der Waals surface area contributed by atoms with Crippen LogP contribution in [0.15, 0.2) is 41.0 Å². The maximum Gasteiger partial charge on any atom is 0.298 e. The Labute approximate surface area is 167 Å². The number of hydrogen-bond donors (Lipinski definition) is 0. The van der Waals surface area contributed by atoms with E-state index in [1.165, 1.54) is 0 Å². The molecule has 7 nitrogen and oxygen atoms in total. The van der Waals surface area contributed by atoms with Gasteiger partial charge in [-0.2, -0.15) is 4.98 Å². The van der Waals surface area contributed by atoms with Crippen LogP contribution >= 0.6 is 15.9 Å². The van der Waals surface area contributed by atoms with E-state index in [-0.39, 0.29) is 11.7 Å². The molecule has 3 rings (SSSR count). The molecule has 0 bridgehead atoms. The predicted molar refractivity (Wildman–Crippen MR) is 109 cm³/mol. The highest BCUT2D eigenvalue weighted by Gasteiger charge is 2.23. The van der Waals surface area contributed by atoms with Gasteiger partial charge in [0.05, 0.1) is 0 Å². The molecule has 0 aliphatic carbocycles. The summed E-state index contributed by atoms with van der Waals surface area (Å²) >= 11 is 3.49. The average Bonchev–Trinajstić information content (AvgIpc) is 3.11. The van der Waals surface area contributed by atoms with Gasteiger partial charge in [-0.05, 0) is 44.3 Å². The molecule has 0 spiro atoms.